The molecule has 0 aromatic carbocycles. The fourth-order valence-corrected chi connectivity index (χ4v) is 2.90. The van der Waals surface area contributed by atoms with Gasteiger partial charge in [-0.3, -0.25) is 9.59 Å². The van der Waals surface area contributed by atoms with E-state index in [1.807, 2.05) is 26.8 Å². The van der Waals surface area contributed by atoms with Gasteiger partial charge in [0.2, 0.25) is 5.91 Å². The summed E-state index contributed by atoms with van der Waals surface area (Å²) in [5.41, 5.74) is 7.73. The average molecular weight is 276 g/mol. The summed E-state index contributed by atoms with van der Waals surface area (Å²) in [5, 5.41) is 0. The number of primary amides is 1. The van der Waals surface area contributed by atoms with Crippen molar-refractivity contribution in [3.63, 3.8) is 0 Å². The van der Waals surface area contributed by atoms with Crippen molar-refractivity contribution in [2.24, 2.45) is 16.6 Å². The van der Waals surface area contributed by atoms with Crippen LogP contribution in [0.2, 0.25) is 0 Å². The van der Waals surface area contributed by atoms with E-state index in [0.717, 1.165) is 23.4 Å². The summed E-state index contributed by atoms with van der Waals surface area (Å²) in [6.07, 6.45) is 1.44. The number of fused-ring (bicyclic) bond motifs is 1. The molecule has 0 fully saturated rings. The van der Waals surface area contributed by atoms with Gasteiger partial charge in [-0.05, 0) is 38.7 Å². The summed E-state index contributed by atoms with van der Waals surface area (Å²) in [4.78, 5) is 23.8. The highest BCUT2D eigenvalue weighted by Gasteiger charge is 2.35. The van der Waals surface area contributed by atoms with E-state index in [0.29, 0.717) is 13.0 Å². The zero-order valence-corrected chi connectivity index (χ0v) is 13.0. The molecule has 0 radical (unpaired) electrons. The number of carbonyl (C=O) groups is 2. The molecule has 4 nitrogen and oxygen atoms in total. The largest absolute Gasteiger partial charge is 0.369 e. The number of ketones is 1. The molecular formula is C16H24N2O2. The van der Waals surface area contributed by atoms with Crippen molar-refractivity contribution in [3.8, 4) is 0 Å². The van der Waals surface area contributed by atoms with Crippen molar-refractivity contribution >= 4 is 11.7 Å². The maximum atomic E-state index is 12.3. The molecule has 0 saturated heterocycles. The fraction of sp³-hybridized carbons (Fsp3) is 0.625. The van der Waals surface area contributed by atoms with E-state index >= 15 is 0 Å². The molecule has 0 unspecified atom stereocenters. The van der Waals surface area contributed by atoms with Gasteiger partial charge < -0.3 is 10.3 Å². The Balaban J connectivity index is 2.47. The Labute approximate surface area is 120 Å². The number of carbonyl (C=O) groups excluding carboxylic acids is 2. The van der Waals surface area contributed by atoms with Crippen molar-refractivity contribution in [2.45, 2.75) is 54.0 Å². The first kappa shape index (κ1) is 14.8. The number of hydrogen-bond donors (Lipinski definition) is 1. The van der Waals surface area contributed by atoms with E-state index < -0.39 is 5.41 Å². The molecule has 1 aliphatic rings. The van der Waals surface area contributed by atoms with Gasteiger partial charge in [0.15, 0.2) is 5.78 Å². The van der Waals surface area contributed by atoms with Gasteiger partial charge >= 0.3 is 0 Å². The molecule has 20 heavy (non-hydrogen) atoms. The van der Waals surface area contributed by atoms with Crippen molar-refractivity contribution < 1.29 is 9.59 Å². The van der Waals surface area contributed by atoms with Crippen molar-refractivity contribution in [1.29, 1.82) is 0 Å². The van der Waals surface area contributed by atoms with Crippen LogP contribution in [0.4, 0.5) is 0 Å². The molecule has 1 aromatic rings. The number of rotatable bonds is 3. The normalized spacial score (nSPS) is 17.9. The minimum atomic E-state index is -0.623. The van der Waals surface area contributed by atoms with Crippen LogP contribution in [0, 0.1) is 17.8 Å². The Morgan fingerprint density at radius 3 is 2.55 bits per heavy atom. The third-order valence-electron chi connectivity index (χ3n) is 4.22. The van der Waals surface area contributed by atoms with Gasteiger partial charge in [-0.2, -0.15) is 0 Å². The lowest BCUT2D eigenvalue weighted by molar-refractivity contribution is -0.126. The average Bonchev–Trinajstić information content (AvgIpc) is 2.55. The summed E-state index contributed by atoms with van der Waals surface area (Å²) in [6, 6.07) is 1.95. The minimum Gasteiger partial charge on any atom is -0.369 e. The van der Waals surface area contributed by atoms with Crippen LogP contribution in [0.5, 0.6) is 0 Å². The molecule has 2 rings (SSSR count). The fourth-order valence-electron chi connectivity index (χ4n) is 2.90. The lowest BCUT2D eigenvalue weighted by atomic mass is 9.76. The predicted octanol–water partition coefficient (Wildman–Crippen LogP) is 2.46. The molecule has 0 spiro atoms. The smallest absolute Gasteiger partial charge is 0.224 e. The second-order valence-corrected chi connectivity index (χ2v) is 7.42. The molecule has 4 heteroatoms. The van der Waals surface area contributed by atoms with Crippen molar-refractivity contribution in [2.75, 3.05) is 0 Å². The molecule has 1 heterocycles. The molecule has 110 valence electrons. The SMILES string of the molecule is Cc1cc2c(n1CC(C)(C)C(N)=O)CC(C)(C)CC2=O. The number of nitrogens with two attached hydrogens (primary N) is 1. The monoisotopic (exact) mass is 276 g/mol. The topological polar surface area (TPSA) is 65.1 Å². The van der Waals surface area contributed by atoms with E-state index in [1.54, 1.807) is 0 Å². The van der Waals surface area contributed by atoms with Crippen molar-refractivity contribution in [3.05, 3.63) is 23.0 Å². The number of aryl methyl sites for hydroxylation is 1. The van der Waals surface area contributed by atoms with Crippen LogP contribution < -0.4 is 5.73 Å². The van der Waals surface area contributed by atoms with Gasteiger partial charge in [0.1, 0.15) is 0 Å². The number of Topliss-reactive ketones (excluding diaryl/α,β-unsaturated/α-hetero) is 1. The summed E-state index contributed by atoms with van der Waals surface area (Å²) in [5.74, 6) is -0.115. The lowest BCUT2D eigenvalue weighted by Gasteiger charge is -2.31. The van der Waals surface area contributed by atoms with Crippen molar-refractivity contribution in [1.82, 2.24) is 4.57 Å². The molecular weight excluding hydrogens is 252 g/mol. The molecule has 0 aliphatic heterocycles. The van der Waals surface area contributed by atoms with Gasteiger partial charge in [-0.15, -0.1) is 0 Å². The molecule has 0 atom stereocenters. The first-order chi connectivity index (χ1) is 9.03. The first-order valence-corrected chi connectivity index (χ1v) is 7.06. The second-order valence-electron chi connectivity index (χ2n) is 7.42. The maximum absolute atomic E-state index is 12.3. The van der Waals surface area contributed by atoms with Gasteiger partial charge in [0.05, 0.1) is 5.41 Å². The molecule has 1 aromatic heterocycles. The predicted molar refractivity (Wildman–Crippen MR) is 78.6 cm³/mol. The number of amides is 1. The van der Waals surface area contributed by atoms with Crippen LogP contribution in [-0.4, -0.2) is 16.3 Å². The van der Waals surface area contributed by atoms with Crippen LogP contribution in [0.1, 0.15) is 55.9 Å². The molecule has 0 bridgehead atoms. The zero-order valence-electron chi connectivity index (χ0n) is 13.0. The summed E-state index contributed by atoms with van der Waals surface area (Å²) < 4.78 is 2.10. The number of aromatic nitrogens is 1. The van der Waals surface area contributed by atoms with E-state index in [2.05, 4.69) is 18.4 Å². The highest BCUT2D eigenvalue weighted by molar-refractivity contribution is 5.99. The van der Waals surface area contributed by atoms with E-state index in [-0.39, 0.29) is 17.1 Å². The lowest BCUT2D eigenvalue weighted by Crippen LogP contribution is -2.37. The molecule has 2 N–H and O–H groups in total. The van der Waals surface area contributed by atoms with Gasteiger partial charge in [-0.25, -0.2) is 0 Å². The molecule has 1 aliphatic carbocycles. The molecule has 1 amide bonds. The van der Waals surface area contributed by atoms with Crippen LogP contribution >= 0.6 is 0 Å². The second kappa shape index (κ2) is 4.47. The van der Waals surface area contributed by atoms with Crippen LogP contribution in [0.25, 0.3) is 0 Å². The Bertz CT molecular complexity index is 580. The highest BCUT2D eigenvalue weighted by atomic mass is 16.1. The van der Waals surface area contributed by atoms with Gasteiger partial charge in [0, 0.05) is 29.9 Å². The van der Waals surface area contributed by atoms with Crippen LogP contribution in [0.15, 0.2) is 6.07 Å². The number of hydrogen-bond acceptors (Lipinski definition) is 2. The Hall–Kier alpha value is -1.58. The molecule has 0 saturated carbocycles. The van der Waals surface area contributed by atoms with Gasteiger partial charge in [0.25, 0.3) is 0 Å². The maximum Gasteiger partial charge on any atom is 0.224 e. The highest BCUT2D eigenvalue weighted by Crippen LogP contribution is 2.37. The summed E-state index contributed by atoms with van der Waals surface area (Å²) >= 11 is 0. The quantitative estimate of drug-likeness (QED) is 0.921. The standard InChI is InChI=1S/C16H24N2O2/c1-10-6-11-12(7-15(2,3)8-13(11)19)18(10)9-16(4,5)14(17)20/h6H,7-9H2,1-5H3,(H2,17,20). The van der Waals surface area contributed by atoms with E-state index in [1.165, 1.54) is 0 Å². The van der Waals surface area contributed by atoms with E-state index in [4.69, 9.17) is 5.73 Å². The van der Waals surface area contributed by atoms with Gasteiger partial charge in [-0.1, -0.05) is 13.8 Å². The summed E-state index contributed by atoms with van der Waals surface area (Å²) in [7, 11) is 0. The third kappa shape index (κ3) is 2.51. The summed E-state index contributed by atoms with van der Waals surface area (Å²) in [6.45, 7) is 10.4. The minimum absolute atomic E-state index is 0.0243. The third-order valence-corrected chi connectivity index (χ3v) is 4.22. The van der Waals surface area contributed by atoms with Crippen LogP contribution in [0.3, 0.4) is 0 Å². The Kier molecular flexibility index (Phi) is 3.31. The van der Waals surface area contributed by atoms with E-state index in [9.17, 15) is 9.59 Å². The Morgan fingerprint density at radius 2 is 2.00 bits per heavy atom. The Morgan fingerprint density at radius 1 is 1.40 bits per heavy atom. The first-order valence-electron chi connectivity index (χ1n) is 7.06. The van der Waals surface area contributed by atoms with Crippen LogP contribution in [-0.2, 0) is 17.8 Å². The number of nitrogens with zero attached hydrogens (tertiary/aromatic N) is 1. The zero-order chi connectivity index (χ0) is 15.3.